The Morgan fingerprint density at radius 1 is 1.35 bits per heavy atom. The third-order valence-corrected chi connectivity index (χ3v) is 1.61. The van der Waals surface area contributed by atoms with Gasteiger partial charge in [0.25, 0.3) is 0 Å². The summed E-state index contributed by atoms with van der Waals surface area (Å²) >= 11 is 0. The summed E-state index contributed by atoms with van der Waals surface area (Å²) in [6, 6.07) is 0.918. The van der Waals surface area contributed by atoms with Crippen molar-refractivity contribution < 1.29 is 27.0 Å². The molecule has 17 heavy (non-hydrogen) atoms. The van der Waals surface area contributed by atoms with Crippen molar-refractivity contribution in [2.45, 2.75) is 13.1 Å². The average Bonchev–Trinajstić information content (AvgIpc) is 2.21. The molecule has 0 aliphatic carbocycles. The van der Waals surface area contributed by atoms with Crippen LogP contribution in [0.1, 0.15) is 6.92 Å². The van der Waals surface area contributed by atoms with Gasteiger partial charge in [0.05, 0.1) is 6.61 Å². The minimum Gasteiger partial charge on any atom is -0.490 e. The third kappa shape index (κ3) is 3.97. The Bertz CT molecular complexity index is 395. The number of ether oxygens (including phenoxy) is 2. The predicted octanol–water partition coefficient (Wildman–Crippen LogP) is 2.14. The second-order valence-electron chi connectivity index (χ2n) is 2.99. The molecule has 1 heterocycles. The van der Waals surface area contributed by atoms with Crippen LogP contribution in [0.15, 0.2) is 6.07 Å². The van der Waals surface area contributed by atoms with Gasteiger partial charge in [0.2, 0.25) is 11.7 Å². The molecular weight excluding hydrogens is 244 g/mol. The number of nitrogens with zero attached hydrogens (tertiary/aromatic N) is 1. The van der Waals surface area contributed by atoms with Gasteiger partial charge in [0, 0.05) is 6.07 Å². The molecular formula is C9H10F4N2O2. The quantitative estimate of drug-likeness (QED) is 0.836. The lowest BCUT2D eigenvalue weighted by molar-refractivity contribution is -0.154. The molecule has 0 unspecified atom stereocenters. The van der Waals surface area contributed by atoms with Gasteiger partial charge in [-0.1, -0.05) is 0 Å². The van der Waals surface area contributed by atoms with Gasteiger partial charge in [-0.2, -0.15) is 22.5 Å². The Morgan fingerprint density at radius 3 is 2.53 bits per heavy atom. The minimum atomic E-state index is -4.50. The van der Waals surface area contributed by atoms with Crippen LogP contribution in [-0.4, -0.2) is 24.4 Å². The van der Waals surface area contributed by atoms with Gasteiger partial charge < -0.3 is 15.2 Å². The van der Waals surface area contributed by atoms with Crippen molar-refractivity contribution >= 4 is 5.82 Å². The highest BCUT2D eigenvalue weighted by molar-refractivity contribution is 5.43. The summed E-state index contributed by atoms with van der Waals surface area (Å²) in [7, 11) is 0. The molecule has 0 atom stereocenters. The molecule has 0 bridgehead atoms. The van der Waals surface area contributed by atoms with E-state index in [2.05, 4.69) is 9.72 Å². The first-order chi connectivity index (χ1) is 7.83. The van der Waals surface area contributed by atoms with Crippen molar-refractivity contribution in [1.29, 1.82) is 0 Å². The van der Waals surface area contributed by atoms with E-state index in [0.717, 1.165) is 6.07 Å². The van der Waals surface area contributed by atoms with Crippen molar-refractivity contribution in [2.75, 3.05) is 18.9 Å². The highest BCUT2D eigenvalue weighted by Gasteiger charge is 2.29. The van der Waals surface area contributed by atoms with Crippen LogP contribution >= 0.6 is 0 Å². The molecule has 0 aliphatic rings. The van der Waals surface area contributed by atoms with Crippen molar-refractivity contribution in [3.05, 3.63) is 11.9 Å². The standard InChI is InChI=1S/C9H10F4N2O2/c1-2-16-5-3-6(15-8(14)7(5)10)17-4-9(11,12)13/h3H,2,4H2,1H3,(H2,14,15). The summed E-state index contributed by atoms with van der Waals surface area (Å²) in [6.07, 6.45) is -4.50. The van der Waals surface area contributed by atoms with E-state index >= 15 is 0 Å². The highest BCUT2D eigenvalue weighted by atomic mass is 19.4. The monoisotopic (exact) mass is 254 g/mol. The lowest BCUT2D eigenvalue weighted by Crippen LogP contribution is -2.20. The van der Waals surface area contributed by atoms with E-state index in [9.17, 15) is 17.6 Å². The number of anilines is 1. The van der Waals surface area contributed by atoms with Gasteiger partial charge in [0.1, 0.15) is 0 Å². The van der Waals surface area contributed by atoms with Crippen LogP contribution in [-0.2, 0) is 0 Å². The molecule has 0 spiro atoms. The highest BCUT2D eigenvalue weighted by Crippen LogP contribution is 2.27. The topological polar surface area (TPSA) is 57.4 Å². The number of hydrogen-bond acceptors (Lipinski definition) is 4. The number of halogens is 4. The summed E-state index contributed by atoms with van der Waals surface area (Å²) in [5.41, 5.74) is 5.16. The first kappa shape index (κ1) is 13.3. The average molecular weight is 254 g/mol. The first-order valence-corrected chi connectivity index (χ1v) is 4.62. The Balaban J connectivity index is 2.86. The fourth-order valence-electron chi connectivity index (χ4n) is 0.992. The Kier molecular flexibility index (Phi) is 3.97. The van der Waals surface area contributed by atoms with E-state index in [-0.39, 0.29) is 12.4 Å². The molecule has 0 amide bonds. The summed E-state index contributed by atoms with van der Waals surface area (Å²) in [4.78, 5) is 3.32. The van der Waals surface area contributed by atoms with Gasteiger partial charge in [-0.05, 0) is 6.92 Å². The zero-order valence-corrected chi connectivity index (χ0v) is 8.84. The van der Waals surface area contributed by atoms with Crippen LogP contribution < -0.4 is 15.2 Å². The normalized spacial score (nSPS) is 11.4. The van der Waals surface area contributed by atoms with Crippen LogP contribution in [0.25, 0.3) is 0 Å². The van der Waals surface area contributed by atoms with E-state index in [1.54, 1.807) is 6.92 Å². The van der Waals surface area contributed by atoms with E-state index in [1.165, 1.54) is 0 Å². The smallest absolute Gasteiger partial charge is 0.422 e. The number of nitrogen functional groups attached to an aromatic ring is 1. The summed E-state index contributed by atoms with van der Waals surface area (Å²) in [5, 5.41) is 0. The van der Waals surface area contributed by atoms with Crippen LogP contribution in [0.5, 0.6) is 11.6 Å². The van der Waals surface area contributed by atoms with Crippen LogP contribution in [0, 0.1) is 5.82 Å². The van der Waals surface area contributed by atoms with E-state index in [1.807, 2.05) is 0 Å². The molecule has 1 aromatic heterocycles. The number of nitrogens with two attached hydrogens (primary N) is 1. The molecule has 96 valence electrons. The molecule has 0 saturated heterocycles. The molecule has 0 aliphatic heterocycles. The zero-order valence-electron chi connectivity index (χ0n) is 8.84. The fraction of sp³-hybridized carbons (Fsp3) is 0.444. The van der Waals surface area contributed by atoms with Crippen molar-refractivity contribution in [2.24, 2.45) is 0 Å². The van der Waals surface area contributed by atoms with Gasteiger partial charge in [0.15, 0.2) is 18.2 Å². The second kappa shape index (κ2) is 5.07. The number of pyridine rings is 1. The maximum Gasteiger partial charge on any atom is 0.422 e. The number of aromatic nitrogens is 1. The molecule has 4 nitrogen and oxygen atoms in total. The van der Waals surface area contributed by atoms with Crippen LogP contribution in [0.3, 0.4) is 0 Å². The van der Waals surface area contributed by atoms with Crippen molar-refractivity contribution in [3.63, 3.8) is 0 Å². The van der Waals surface area contributed by atoms with E-state index < -0.39 is 30.3 Å². The van der Waals surface area contributed by atoms with Crippen LogP contribution in [0.4, 0.5) is 23.4 Å². The number of alkyl halides is 3. The van der Waals surface area contributed by atoms with Gasteiger partial charge >= 0.3 is 6.18 Å². The van der Waals surface area contributed by atoms with Crippen LogP contribution in [0.2, 0.25) is 0 Å². The maximum absolute atomic E-state index is 13.3. The first-order valence-electron chi connectivity index (χ1n) is 4.62. The Morgan fingerprint density at radius 2 is 2.00 bits per heavy atom. The molecule has 0 radical (unpaired) electrons. The predicted molar refractivity (Wildman–Crippen MR) is 51.3 cm³/mol. The summed E-state index contributed by atoms with van der Waals surface area (Å²) < 4.78 is 58.1. The lowest BCUT2D eigenvalue weighted by Gasteiger charge is -2.11. The fourth-order valence-corrected chi connectivity index (χ4v) is 0.992. The maximum atomic E-state index is 13.3. The van der Waals surface area contributed by atoms with Gasteiger partial charge in [-0.25, -0.2) is 0 Å². The van der Waals surface area contributed by atoms with Crippen molar-refractivity contribution in [1.82, 2.24) is 4.98 Å². The minimum absolute atomic E-state index is 0.138. The summed E-state index contributed by atoms with van der Waals surface area (Å²) in [5.74, 6) is -2.24. The molecule has 0 saturated carbocycles. The molecule has 1 aromatic rings. The molecule has 0 fully saturated rings. The number of hydrogen-bond donors (Lipinski definition) is 1. The molecule has 0 aromatic carbocycles. The summed E-state index contributed by atoms with van der Waals surface area (Å²) in [6.45, 7) is 0.196. The van der Waals surface area contributed by atoms with Gasteiger partial charge in [-0.3, -0.25) is 0 Å². The van der Waals surface area contributed by atoms with E-state index in [4.69, 9.17) is 10.5 Å². The van der Waals surface area contributed by atoms with E-state index in [0.29, 0.717) is 0 Å². The zero-order chi connectivity index (χ0) is 13.1. The Hall–Kier alpha value is -1.73. The third-order valence-electron chi connectivity index (χ3n) is 1.61. The number of rotatable bonds is 4. The SMILES string of the molecule is CCOc1cc(OCC(F)(F)F)nc(N)c1F. The second-order valence-corrected chi connectivity index (χ2v) is 2.99. The Labute approximate surface area is 94.3 Å². The molecule has 2 N–H and O–H groups in total. The van der Waals surface area contributed by atoms with Crippen molar-refractivity contribution in [3.8, 4) is 11.6 Å². The van der Waals surface area contributed by atoms with Gasteiger partial charge in [-0.15, -0.1) is 0 Å². The lowest BCUT2D eigenvalue weighted by atomic mass is 10.4. The molecule has 1 rings (SSSR count). The largest absolute Gasteiger partial charge is 0.490 e. The molecule has 8 heteroatoms.